The van der Waals surface area contributed by atoms with Gasteiger partial charge in [-0.2, -0.15) is 0 Å². The van der Waals surface area contributed by atoms with Crippen molar-refractivity contribution >= 4 is 37.1 Å². The van der Waals surface area contributed by atoms with E-state index in [0.29, 0.717) is 17.7 Å². The molecular formula is C45H48O3Si2. The fraction of sp³-hybridized carbons (Fsp3) is 0.200. The summed E-state index contributed by atoms with van der Waals surface area (Å²) in [7, 11) is -5.24. The molecule has 0 aliphatic rings. The molecule has 50 heavy (non-hydrogen) atoms. The first-order chi connectivity index (χ1) is 24.4. The molecule has 6 rings (SSSR count). The van der Waals surface area contributed by atoms with Crippen molar-refractivity contribution in [3.05, 3.63) is 180 Å². The standard InChI is InChI=1S/C45H48O3Si2/c1-36-33-38(27-29-44(36)46)17-15-31-49(40-19-7-3-8-20-40,41-21-9-4-10-22-41)35-48-50(42-23-11-5-12-24-42,43-25-13-6-14-26-43)32-16-18-39-28-30-45(47)37(2)34-39/h3-14,19-30,33-34,46-47H,15-18,31-32,35H2,1-2H3. The Morgan fingerprint density at radius 3 is 1.24 bits per heavy atom. The van der Waals surface area contributed by atoms with Crippen LogP contribution in [0.25, 0.3) is 0 Å². The van der Waals surface area contributed by atoms with E-state index in [0.717, 1.165) is 48.9 Å². The van der Waals surface area contributed by atoms with Gasteiger partial charge in [-0.05, 0) is 90.0 Å². The minimum Gasteiger partial charge on any atom is -0.508 e. The third kappa shape index (κ3) is 8.02. The van der Waals surface area contributed by atoms with Gasteiger partial charge in [-0.1, -0.05) is 162 Å². The second kappa shape index (κ2) is 16.3. The molecule has 0 fully saturated rings. The SMILES string of the molecule is Cc1cc(CCC[Si](CO[Si](CCCc2ccc(O)c(C)c2)(c2ccccc2)c2ccccc2)(c2ccccc2)c2ccccc2)ccc1O. The molecule has 254 valence electrons. The van der Waals surface area contributed by atoms with E-state index in [1.807, 2.05) is 26.0 Å². The fourth-order valence-electron chi connectivity index (χ4n) is 7.45. The Hall–Kier alpha value is -4.69. The number of aromatic hydroxyl groups is 2. The van der Waals surface area contributed by atoms with E-state index >= 15 is 0 Å². The highest BCUT2D eigenvalue weighted by Gasteiger charge is 2.44. The minimum atomic E-state index is -2.76. The topological polar surface area (TPSA) is 49.7 Å². The second-order valence-electron chi connectivity index (χ2n) is 13.6. The molecule has 3 nitrogen and oxygen atoms in total. The van der Waals surface area contributed by atoms with Crippen LogP contribution < -0.4 is 20.7 Å². The summed E-state index contributed by atoms with van der Waals surface area (Å²) < 4.78 is 7.82. The van der Waals surface area contributed by atoms with Gasteiger partial charge in [-0.15, -0.1) is 0 Å². The fourth-order valence-corrected chi connectivity index (χ4v) is 16.8. The van der Waals surface area contributed by atoms with E-state index in [4.69, 9.17) is 4.43 Å². The summed E-state index contributed by atoms with van der Waals surface area (Å²) in [5, 5.41) is 25.7. The van der Waals surface area contributed by atoms with E-state index in [2.05, 4.69) is 146 Å². The third-order valence-electron chi connectivity index (χ3n) is 10.3. The van der Waals surface area contributed by atoms with Crippen molar-refractivity contribution in [2.24, 2.45) is 0 Å². The average Bonchev–Trinajstić information content (AvgIpc) is 3.16. The zero-order valence-corrected chi connectivity index (χ0v) is 31.3. The molecule has 0 radical (unpaired) electrons. The Morgan fingerprint density at radius 2 is 0.840 bits per heavy atom. The molecule has 0 unspecified atom stereocenters. The number of phenols is 2. The van der Waals surface area contributed by atoms with Crippen molar-refractivity contribution < 1.29 is 14.6 Å². The molecular weight excluding hydrogens is 645 g/mol. The molecule has 0 amide bonds. The van der Waals surface area contributed by atoms with Crippen molar-refractivity contribution in [2.45, 2.75) is 51.6 Å². The Morgan fingerprint density at radius 1 is 0.460 bits per heavy atom. The Bertz CT molecular complexity index is 1720. The molecule has 0 atom stereocenters. The van der Waals surface area contributed by atoms with Crippen LogP contribution in [0.15, 0.2) is 158 Å². The molecule has 6 aromatic rings. The van der Waals surface area contributed by atoms with Crippen LogP contribution in [0.5, 0.6) is 11.5 Å². The normalized spacial score (nSPS) is 11.8. The molecule has 0 heterocycles. The predicted molar refractivity (Wildman–Crippen MR) is 214 cm³/mol. The largest absolute Gasteiger partial charge is 0.508 e. The average molecular weight is 693 g/mol. The van der Waals surface area contributed by atoms with E-state index in [-0.39, 0.29) is 0 Å². The molecule has 0 aliphatic heterocycles. The maximum absolute atomic E-state index is 10.2. The summed E-state index contributed by atoms with van der Waals surface area (Å²) in [6.07, 6.45) is 4.55. The number of aryl methyl sites for hydroxylation is 4. The lowest BCUT2D eigenvalue weighted by atomic mass is 10.1. The van der Waals surface area contributed by atoms with Crippen molar-refractivity contribution in [3.63, 3.8) is 0 Å². The van der Waals surface area contributed by atoms with Crippen LogP contribution in [-0.2, 0) is 17.3 Å². The van der Waals surface area contributed by atoms with E-state index < -0.39 is 16.4 Å². The summed E-state index contributed by atoms with van der Waals surface area (Å²) >= 11 is 0. The number of hydrogen-bond donors (Lipinski definition) is 2. The number of rotatable bonds is 15. The number of hydrogen-bond acceptors (Lipinski definition) is 3. The zero-order valence-electron chi connectivity index (χ0n) is 29.3. The first-order valence-corrected chi connectivity index (χ1v) is 22.4. The molecule has 0 spiro atoms. The van der Waals surface area contributed by atoms with E-state index in [9.17, 15) is 10.2 Å². The third-order valence-corrected chi connectivity index (χ3v) is 19.5. The van der Waals surface area contributed by atoms with Gasteiger partial charge >= 0.3 is 0 Å². The predicted octanol–water partition coefficient (Wildman–Crippen LogP) is 7.86. The van der Waals surface area contributed by atoms with Gasteiger partial charge in [0, 0.05) is 6.23 Å². The van der Waals surface area contributed by atoms with Gasteiger partial charge in [0.15, 0.2) is 0 Å². The van der Waals surface area contributed by atoms with Crippen LogP contribution >= 0.6 is 0 Å². The Labute approximate surface area is 300 Å². The van der Waals surface area contributed by atoms with Crippen LogP contribution in [0.1, 0.15) is 35.1 Å². The highest BCUT2D eigenvalue weighted by Crippen LogP contribution is 2.25. The molecule has 5 heteroatoms. The van der Waals surface area contributed by atoms with Crippen LogP contribution in [0, 0.1) is 13.8 Å². The van der Waals surface area contributed by atoms with Gasteiger partial charge in [-0.3, -0.25) is 0 Å². The smallest absolute Gasteiger partial charge is 0.255 e. The van der Waals surface area contributed by atoms with Gasteiger partial charge in [0.25, 0.3) is 8.32 Å². The lowest BCUT2D eigenvalue weighted by Crippen LogP contribution is -2.68. The van der Waals surface area contributed by atoms with E-state index in [1.165, 1.54) is 31.9 Å². The maximum Gasteiger partial charge on any atom is 0.255 e. The molecule has 0 aromatic heterocycles. The van der Waals surface area contributed by atoms with Gasteiger partial charge in [0.05, 0.1) is 0 Å². The molecule has 0 aliphatic carbocycles. The first-order valence-electron chi connectivity index (χ1n) is 17.8. The van der Waals surface area contributed by atoms with Gasteiger partial charge in [0.2, 0.25) is 0 Å². The Kier molecular flexibility index (Phi) is 11.5. The molecule has 0 saturated carbocycles. The summed E-state index contributed by atoms with van der Waals surface area (Å²) in [6, 6.07) is 58.2. The van der Waals surface area contributed by atoms with Crippen molar-refractivity contribution in [3.8, 4) is 11.5 Å². The highest BCUT2D eigenvalue weighted by atomic mass is 28.4. The van der Waals surface area contributed by atoms with Crippen molar-refractivity contribution in [1.29, 1.82) is 0 Å². The molecule has 6 aromatic carbocycles. The van der Waals surface area contributed by atoms with Crippen LogP contribution in [-0.4, -0.2) is 32.8 Å². The van der Waals surface area contributed by atoms with Crippen LogP contribution in [0.4, 0.5) is 0 Å². The van der Waals surface area contributed by atoms with E-state index in [1.54, 1.807) is 0 Å². The second-order valence-corrected chi connectivity index (χ2v) is 21.3. The number of phenolic OH excluding ortho intramolecular Hbond substituents is 2. The lowest BCUT2D eigenvalue weighted by Gasteiger charge is -2.39. The highest BCUT2D eigenvalue weighted by molar-refractivity contribution is 7.04. The first kappa shape index (κ1) is 35.2. The van der Waals surface area contributed by atoms with Gasteiger partial charge in [-0.25, -0.2) is 0 Å². The van der Waals surface area contributed by atoms with Crippen LogP contribution in [0.2, 0.25) is 12.1 Å². The summed E-state index contributed by atoms with van der Waals surface area (Å²) in [6.45, 7) is 3.94. The summed E-state index contributed by atoms with van der Waals surface area (Å²) in [4.78, 5) is 0. The number of benzene rings is 6. The quantitative estimate of drug-likeness (QED) is 0.108. The van der Waals surface area contributed by atoms with Gasteiger partial charge < -0.3 is 14.6 Å². The lowest BCUT2D eigenvalue weighted by molar-refractivity contribution is 0.376. The molecule has 0 saturated heterocycles. The molecule has 2 N–H and O–H groups in total. The Balaban J connectivity index is 1.41. The minimum absolute atomic E-state index is 0.345. The van der Waals surface area contributed by atoms with Crippen molar-refractivity contribution in [1.82, 2.24) is 0 Å². The monoisotopic (exact) mass is 692 g/mol. The van der Waals surface area contributed by atoms with Crippen molar-refractivity contribution in [2.75, 3.05) is 6.23 Å². The van der Waals surface area contributed by atoms with Crippen LogP contribution in [0.3, 0.4) is 0 Å². The van der Waals surface area contributed by atoms with Gasteiger partial charge in [0.1, 0.15) is 19.6 Å². The summed E-state index contributed by atoms with van der Waals surface area (Å²) in [5.74, 6) is 0.696. The summed E-state index contributed by atoms with van der Waals surface area (Å²) in [5.41, 5.74) is 4.33. The maximum atomic E-state index is 10.2. The molecule has 0 bridgehead atoms. The zero-order chi connectivity index (χ0) is 34.8.